The van der Waals surface area contributed by atoms with Crippen molar-refractivity contribution in [3.63, 3.8) is 0 Å². The minimum absolute atomic E-state index is 0.0322. The number of hydrogen-bond acceptors (Lipinski definition) is 4. The summed E-state index contributed by atoms with van der Waals surface area (Å²) in [7, 11) is 0. The van der Waals surface area contributed by atoms with Gasteiger partial charge in [-0.05, 0) is 36.4 Å². The third kappa shape index (κ3) is 5.36. The van der Waals surface area contributed by atoms with Crippen molar-refractivity contribution in [2.75, 3.05) is 13.2 Å². The molecule has 3 rings (SSSR count). The summed E-state index contributed by atoms with van der Waals surface area (Å²) in [4.78, 5) is 16.6. The highest BCUT2D eigenvalue weighted by Gasteiger charge is 2.30. The van der Waals surface area contributed by atoms with Crippen molar-refractivity contribution in [3.05, 3.63) is 70.9 Å². The third-order valence-corrected chi connectivity index (χ3v) is 4.23. The molecule has 0 aliphatic rings. The Hall–Kier alpha value is -2.84. The van der Waals surface area contributed by atoms with Gasteiger partial charge >= 0.3 is 6.18 Å². The third-order valence-electron chi connectivity index (χ3n) is 4.02. The van der Waals surface area contributed by atoms with E-state index in [1.54, 1.807) is 24.4 Å². The van der Waals surface area contributed by atoms with Gasteiger partial charge in [-0.25, -0.2) is 0 Å². The number of aromatic nitrogens is 1. The SMILES string of the molecule is O=C(NCC(O)COc1cccc(C(F)(F)F)c1)c1cc(Cl)cc2cccnc12. The van der Waals surface area contributed by atoms with Gasteiger partial charge in [0, 0.05) is 23.2 Å². The molecule has 1 amide bonds. The Kier molecular flexibility index (Phi) is 6.24. The topological polar surface area (TPSA) is 71.5 Å². The molecule has 1 atom stereocenters. The number of carbonyl (C=O) groups excluding carboxylic acids is 1. The number of nitrogens with one attached hydrogen (secondary N) is 1. The van der Waals surface area contributed by atoms with Gasteiger partial charge in [-0.3, -0.25) is 9.78 Å². The van der Waals surface area contributed by atoms with Gasteiger partial charge < -0.3 is 15.2 Å². The highest BCUT2D eigenvalue weighted by molar-refractivity contribution is 6.32. The molecule has 0 aliphatic carbocycles. The number of aliphatic hydroxyl groups is 1. The van der Waals surface area contributed by atoms with Gasteiger partial charge in [0.1, 0.15) is 18.5 Å². The molecule has 0 fully saturated rings. The number of pyridine rings is 1. The first-order chi connectivity index (χ1) is 13.7. The predicted molar refractivity (Wildman–Crippen MR) is 102 cm³/mol. The van der Waals surface area contributed by atoms with E-state index < -0.39 is 23.8 Å². The van der Waals surface area contributed by atoms with Gasteiger partial charge in [0.05, 0.1) is 16.6 Å². The van der Waals surface area contributed by atoms with Gasteiger partial charge in [0.15, 0.2) is 0 Å². The highest BCUT2D eigenvalue weighted by Crippen LogP contribution is 2.31. The normalized spacial score (nSPS) is 12.6. The van der Waals surface area contributed by atoms with Crippen LogP contribution in [0, 0.1) is 0 Å². The summed E-state index contributed by atoms with van der Waals surface area (Å²) >= 11 is 6.04. The minimum atomic E-state index is -4.49. The summed E-state index contributed by atoms with van der Waals surface area (Å²) in [6, 6.07) is 11.0. The molecule has 9 heteroatoms. The van der Waals surface area contributed by atoms with E-state index in [9.17, 15) is 23.1 Å². The summed E-state index contributed by atoms with van der Waals surface area (Å²) in [6.45, 7) is -0.464. The first-order valence-electron chi connectivity index (χ1n) is 8.54. The van der Waals surface area contributed by atoms with Crippen LogP contribution in [-0.2, 0) is 6.18 Å². The second-order valence-corrected chi connectivity index (χ2v) is 6.67. The molecule has 1 unspecified atom stereocenters. The summed E-state index contributed by atoms with van der Waals surface area (Å²) in [5.74, 6) is -0.524. The van der Waals surface area contributed by atoms with Gasteiger partial charge in [0.25, 0.3) is 5.91 Å². The number of alkyl halides is 3. The number of amides is 1. The number of hydrogen-bond donors (Lipinski definition) is 2. The number of halogens is 4. The zero-order valence-corrected chi connectivity index (χ0v) is 15.7. The molecule has 2 N–H and O–H groups in total. The van der Waals surface area contributed by atoms with Crippen LogP contribution in [0.5, 0.6) is 5.75 Å². The molecule has 2 aromatic carbocycles. The molecular weight excluding hydrogens is 409 g/mol. The highest BCUT2D eigenvalue weighted by atomic mass is 35.5. The molecule has 0 saturated heterocycles. The van der Waals surface area contributed by atoms with Crippen molar-refractivity contribution >= 4 is 28.4 Å². The Morgan fingerprint density at radius 1 is 1.21 bits per heavy atom. The molecular formula is C20H16ClF3N2O3. The van der Waals surface area contributed by atoms with Crippen LogP contribution in [0.4, 0.5) is 13.2 Å². The smallest absolute Gasteiger partial charge is 0.416 e. The molecule has 0 radical (unpaired) electrons. The minimum Gasteiger partial charge on any atom is -0.491 e. The standard InChI is InChI=1S/C20H16ClF3N2O3/c21-14-7-12-3-2-6-25-18(12)17(9-14)19(28)26-10-15(27)11-29-16-5-1-4-13(8-16)20(22,23)24/h1-9,15,27H,10-11H2,(H,26,28). The Morgan fingerprint density at radius 3 is 2.76 bits per heavy atom. The number of nitrogens with zero attached hydrogens (tertiary/aromatic N) is 1. The summed E-state index contributed by atoms with van der Waals surface area (Å²) < 4.78 is 43.3. The molecule has 1 aromatic heterocycles. The summed E-state index contributed by atoms with van der Waals surface area (Å²) in [6.07, 6.45) is -4.07. The average Bonchev–Trinajstić information content (AvgIpc) is 2.69. The molecule has 1 heterocycles. The fourth-order valence-electron chi connectivity index (χ4n) is 2.65. The molecule has 0 spiro atoms. The van der Waals surface area contributed by atoms with E-state index in [1.807, 2.05) is 0 Å². The van der Waals surface area contributed by atoms with Crippen molar-refractivity contribution in [2.24, 2.45) is 0 Å². The second-order valence-electron chi connectivity index (χ2n) is 6.23. The molecule has 0 saturated carbocycles. The van der Waals surface area contributed by atoms with Crippen molar-refractivity contribution < 1.29 is 27.8 Å². The predicted octanol–water partition coefficient (Wildman–Crippen LogP) is 4.08. The van der Waals surface area contributed by atoms with Gasteiger partial charge in [-0.15, -0.1) is 0 Å². The second kappa shape index (κ2) is 8.67. The van der Waals surface area contributed by atoms with Gasteiger partial charge in [-0.1, -0.05) is 23.7 Å². The van der Waals surface area contributed by atoms with E-state index in [4.69, 9.17) is 16.3 Å². The zero-order chi connectivity index (χ0) is 21.0. The van der Waals surface area contributed by atoms with E-state index in [-0.39, 0.29) is 24.5 Å². The number of aliphatic hydroxyl groups excluding tert-OH is 1. The maximum atomic E-state index is 12.7. The number of benzene rings is 2. The number of carbonyl (C=O) groups is 1. The maximum absolute atomic E-state index is 12.7. The molecule has 3 aromatic rings. The lowest BCUT2D eigenvalue weighted by molar-refractivity contribution is -0.137. The van der Waals surface area contributed by atoms with Crippen molar-refractivity contribution in [3.8, 4) is 5.75 Å². The van der Waals surface area contributed by atoms with Crippen LogP contribution in [0.3, 0.4) is 0 Å². The Balaban J connectivity index is 1.59. The quantitative estimate of drug-likeness (QED) is 0.625. The largest absolute Gasteiger partial charge is 0.491 e. The van der Waals surface area contributed by atoms with Crippen LogP contribution < -0.4 is 10.1 Å². The van der Waals surface area contributed by atoms with E-state index in [0.29, 0.717) is 15.9 Å². The van der Waals surface area contributed by atoms with E-state index in [2.05, 4.69) is 10.3 Å². The fourth-order valence-corrected chi connectivity index (χ4v) is 2.87. The molecule has 0 aliphatic heterocycles. The van der Waals surface area contributed by atoms with Gasteiger partial charge in [-0.2, -0.15) is 13.2 Å². The van der Waals surface area contributed by atoms with Gasteiger partial charge in [0.2, 0.25) is 0 Å². The Morgan fingerprint density at radius 2 is 2.00 bits per heavy atom. The number of ether oxygens (including phenoxy) is 1. The van der Waals surface area contributed by atoms with E-state index in [0.717, 1.165) is 12.1 Å². The number of fused-ring (bicyclic) bond motifs is 1. The lowest BCUT2D eigenvalue weighted by Crippen LogP contribution is -2.35. The van der Waals surface area contributed by atoms with Crippen LogP contribution in [0.25, 0.3) is 10.9 Å². The lowest BCUT2D eigenvalue weighted by Gasteiger charge is -2.15. The van der Waals surface area contributed by atoms with Crippen molar-refractivity contribution in [1.29, 1.82) is 0 Å². The molecule has 29 heavy (non-hydrogen) atoms. The average molecular weight is 425 g/mol. The van der Waals surface area contributed by atoms with E-state index >= 15 is 0 Å². The molecule has 152 valence electrons. The Labute approximate surface area is 169 Å². The van der Waals surface area contributed by atoms with Crippen LogP contribution in [0.2, 0.25) is 5.02 Å². The fraction of sp³-hybridized carbons (Fsp3) is 0.200. The summed E-state index contributed by atoms with van der Waals surface area (Å²) in [5, 5.41) is 13.6. The van der Waals surface area contributed by atoms with Crippen LogP contribution >= 0.6 is 11.6 Å². The van der Waals surface area contributed by atoms with Crippen molar-refractivity contribution in [2.45, 2.75) is 12.3 Å². The maximum Gasteiger partial charge on any atom is 0.416 e. The van der Waals surface area contributed by atoms with Crippen LogP contribution in [0.15, 0.2) is 54.7 Å². The van der Waals surface area contributed by atoms with E-state index in [1.165, 1.54) is 18.2 Å². The summed E-state index contributed by atoms with van der Waals surface area (Å²) in [5.41, 5.74) is -0.138. The number of rotatable bonds is 6. The van der Waals surface area contributed by atoms with Crippen molar-refractivity contribution in [1.82, 2.24) is 10.3 Å². The lowest BCUT2D eigenvalue weighted by atomic mass is 10.1. The first kappa shape index (κ1) is 20.9. The first-order valence-corrected chi connectivity index (χ1v) is 8.92. The Bertz CT molecular complexity index is 1030. The zero-order valence-electron chi connectivity index (χ0n) is 14.9. The van der Waals surface area contributed by atoms with Crippen LogP contribution in [-0.4, -0.2) is 35.3 Å². The molecule has 5 nitrogen and oxygen atoms in total. The molecule has 0 bridgehead atoms. The monoisotopic (exact) mass is 424 g/mol. The van der Waals surface area contributed by atoms with Crippen LogP contribution in [0.1, 0.15) is 15.9 Å².